The minimum Gasteiger partial charge on any atom is -0.309 e. The van der Waals surface area contributed by atoms with Crippen LogP contribution in [0, 0.1) is 11.3 Å². The highest BCUT2D eigenvalue weighted by atomic mass is 15.0. The summed E-state index contributed by atoms with van der Waals surface area (Å²) in [4.78, 5) is 0. The van der Waals surface area contributed by atoms with E-state index in [-0.39, 0.29) is 0 Å². The Labute approximate surface area is 270 Å². The summed E-state index contributed by atoms with van der Waals surface area (Å²) >= 11 is 0. The average molecular weight is 599 g/mol. The zero-order chi connectivity index (χ0) is 31.1. The molecule has 0 atom stereocenters. The number of hydrogen-bond acceptors (Lipinski definition) is 1. The Bertz CT molecular complexity index is 2900. The summed E-state index contributed by atoms with van der Waals surface area (Å²) in [6.45, 7) is 0. The molecule has 0 radical (unpaired) electrons. The van der Waals surface area contributed by atoms with Crippen molar-refractivity contribution in [1.82, 2.24) is 13.7 Å². The molecule has 0 fully saturated rings. The van der Waals surface area contributed by atoms with Crippen LogP contribution < -0.4 is 0 Å². The van der Waals surface area contributed by atoms with Crippen LogP contribution in [0.3, 0.4) is 0 Å². The van der Waals surface area contributed by atoms with Gasteiger partial charge < -0.3 is 13.7 Å². The van der Waals surface area contributed by atoms with Gasteiger partial charge in [0, 0.05) is 49.4 Å². The van der Waals surface area contributed by atoms with Crippen LogP contribution in [-0.4, -0.2) is 13.7 Å². The van der Waals surface area contributed by atoms with Gasteiger partial charge in [0.15, 0.2) is 0 Å². The molecule has 0 saturated carbocycles. The van der Waals surface area contributed by atoms with Gasteiger partial charge in [0.2, 0.25) is 0 Å². The maximum atomic E-state index is 10.3. The first kappa shape index (κ1) is 25.7. The fourth-order valence-electron chi connectivity index (χ4n) is 7.78. The SMILES string of the molecule is N#Cc1cccc2c1c1ccc3c(c4ccccc4n3-c3ccccc3)c1n2-c1ccc2c(c1)c1ccccc1n2-c1ccccc1. The maximum absolute atomic E-state index is 10.3. The van der Waals surface area contributed by atoms with E-state index in [1.807, 2.05) is 12.1 Å². The van der Waals surface area contributed by atoms with E-state index < -0.39 is 0 Å². The van der Waals surface area contributed by atoms with E-state index in [1.165, 1.54) is 27.1 Å². The summed E-state index contributed by atoms with van der Waals surface area (Å²) in [7, 11) is 0. The molecule has 0 aliphatic rings. The van der Waals surface area contributed by atoms with Crippen molar-refractivity contribution in [2.75, 3.05) is 0 Å². The fraction of sp³-hybridized carbons (Fsp3) is 0. The number of para-hydroxylation sites is 4. The molecular formula is C43H26N4. The Morgan fingerprint density at radius 1 is 0.362 bits per heavy atom. The van der Waals surface area contributed by atoms with Crippen molar-refractivity contribution in [3.05, 3.63) is 163 Å². The zero-order valence-electron chi connectivity index (χ0n) is 25.3. The second kappa shape index (κ2) is 9.71. The van der Waals surface area contributed by atoms with E-state index >= 15 is 0 Å². The predicted molar refractivity (Wildman–Crippen MR) is 194 cm³/mol. The van der Waals surface area contributed by atoms with E-state index in [1.54, 1.807) is 0 Å². The standard InChI is InChI=1S/C43H26N4/c44-27-28-12-11-21-39-41(28)34-23-25-40-42(33-18-8-10-20-37(33)46(40)30-15-5-2-6-16-30)43(34)47(39)31-22-24-38-35(26-31)32-17-7-9-19-36(32)45(38)29-13-3-1-4-14-29/h1-26H. The van der Waals surface area contributed by atoms with Gasteiger partial charge in [-0.2, -0.15) is 5.26 Å². The Morgan fingerprint density at radius 2 is 0.915 bits per heavy atom. The van der Waals surface area contributed by atoms with Crippen molar-refractivity contribution in [2.24, 2.45) is 0 Å². The lowest BCUT2D eigenvalue weighted by molar-refractivity contribution is 1.17. The summed E-state index contributed by atoms with van der Waals surface area (Å²) in [6, 6.07) is 58.2. The van der Waals surface area contributed by atoms with Crippen LogP contribution in [0.1, 0.15) is 5.56 Å². The Hall–Kier alpha value is -6.57. The molecule has 4 heteroatoms. The average Bonchev–Trinajstić information content (AvgIpc) is 3.77. The highest BCUT2D eigenvalue weighted by molar-refractivity contribution is 6.27. The van der Waals surface area contributed by atoms with Crippen molar-refractivity contribution < 1.29 is 0 Å². The molecule has 0 aliphatic heterocycles. The van der Waals surface area contributed by atoms with Gasteiger partial charge in [-0.25, -0.2) is 0 Å². The van der Waals surface area contributed by atoms with Crippen molar-refractivity contribution in [1.29, 1.82) is 5.26 Å². The van der Waals surface area contributed by atoms with Crippen LogP contribution in [0.2, 0.25) is 0 Å². The number of hydrogen-bond donors (Lipinski definition) is 0. The van der Waals surface area contributed by atoms with E-state index in [4.69, 9.17) is 0 Å². The van der Waals surface area contributed by atoms with Gasteiger partial charge in [0.1, 0.15) is 0 Å². The number of aromatic nitrogens is 3. The van der Waals surface area contributed by atoms with Crippen LogP contribution in [0.15, 0.2) is 158 Å². The summed E-state index contributed by atoms with van der Waals surface area (Å²) < 4.78 is 7.08. The van der Waals surface area contributed by atoms with Crippen LogP contribution in [0.5, 0.6) is 0 Å². The van der Waals surface area contributed by atoms with E-state index in [2.05, 4.69) is 165 Å². The van der Waals surface area contributed by atoms with Crippen LogP contribution in [-0.2, 0) is 0 Å². The second-order valence-corrected chi connectivity index (χ2v) is 12.1. The number of rotatable bonds is 3. The smallest absolute Gasteiger partial charge is 0.0998 e. The Balaban J connectivity index is 1.38. The summed E-state index contributed by atoms with van der Waals surface area (Å²) in [5.74, 6) is 0. The minimum absolute atomic E-state index is 0.680. The van der Waals surface area contributed by atoms with E-state index in [0.29, 0.717) is 5.56 Å². The van der Waals surface area contributed by atoms with Crippen molar-refractivity contribution in [3.63, 3.8) is 0 Å². The molecule has 7 aromatic carbocycles. The van der Waals surface area contributed by atoms with Gasteiger partial charge in [0.25, 0.3) is 0 Å². The van der Waals surface area contributed by atoms with Crippen molar-refractivity contribution >= 4 is 65.4 Å². The molecule has 47 heavy (non-hydrogen) atoms. The lowest BCUT2D eigenvalue weighted by Gasteiger charge is -2.11. The number of fused-ring (bicyclic) bond motifs is 10. The first-order valence-electron chi connectivity index (χ1n) is 15.9. The minimum atomic E-state index is 0.680. The van der Waals surface area contributed by atoms with Gasteiger partial charge in [-0.1, -0.05) is 84.9 Å². The molecule has 0 bridgehead atoms. The summed E-state index contributed by atoms with van der Waals surface area (Å²) in [5.41, 5.74) is 10.7. The van der Waals surface area contributed by atoms with E-state index in [9.17, 15) is 5.26 Å². The Morgan fingerprint density at radius 3 is 1.64 bits per heavy atom. The molecule has 4 nitrogen and oxygen atoms in total. The molecule has 0 aliphatic carbocycles. The molecule has 0 spiro atoms. The summed E-state index contributed by atoms with van der Waals surface area (Å²) in [5, 5.41) is 17.1. The third-order valence-corrected chi connectivity index (χ3v) is 9.65. The molecule has 0 N–H and O–H groups in total. The van der Waals surface area contributed by atoms with Crippen LogP contribution in [0.25, 0.3) is 82.5 Å². The topological polar surface area (TPSA) is 38.6 Å². The first-order chi connectivity index (χ1) is 23.3. The van der Waals surface area contributed by atoms with E-state index in [0.717, 1.165) is 55.4 Å². The largest absolute Gasteiger partial charge is 0.309 e. The molecule has 0 unspecified atom stereocenters. The van der Waals surface area contributed by atoms with Crippen LogP contribution >= 0.6 is 0 Å². The highest BCUT2D eigenvalue weighted by Gasteiger charge is 2.23. The van der Waals surface area contributed by atoms with Gasteiger partial charge in [-0.15, -0.1) is 0 Å². The lowest BCUT2D eigenvalue weighted by atomic mass is 10.0. The zero-order valence-corrected chi connectivity index (χ0v) is 25.3. The predicted octanol–water partition coefficient (Wildman–Crippen LogP) is 10.8. The van der Waals surface area contributed by atoms with Gasteiger partial charge in [-0.3, -0.25) is 0 Å². The second-order valence-electron chi connectivity index (χ2n) is 12.1. The first-order valence-corrected chi connectivity index (χ1v) is 15.9. The molecule has 0 saturated heterocycles. The fourth-order valence-corrected chi connectivity index (χ4v) is 7.78. The third-order valence-electron chi connectivity index (χ3n) is 9.65. The third kappa shape index (κ3) is 3.51. The van der Waals surface area contributed by atoms with Gasteiger partial charge in [-0.05, 0) is 72.8 Å². The quantitative estimate of drug-likeness (QED) is 0.199. The van der Waals surface area contributed by atoms with Gasteiger partial charge in [0.05, 0.1) is 44.7 Å². The lowest BCUT2D eigenvalue weighted by Crippen LogP contribution is -1.96. The Kier molecular flexibility index (Phi) is 5.32. The van der Waals surface area contributed by atoms with Crippen molar-refractivity contribution in [2.45, 2.75) is 0 Å². The van der Waals surface area contributed by atoms with Crippen LogP contribution in [0.4, 0.5) is 0 Å². The number of nitrogens with zero attached hydrogens (tertiary/aromatic N) is 4. The number of benzene rings is 7. The van der Waals surface area contributed by atoms with Crippen molar-refractivity contribution in [3.8, 4) is 23.1 Å². The molecule has 3 aromatic heterocycles. The molecule has 218 valence electrons. The molecule has 10 rings (SSSR count). The number of nitriles is 1. The normalized spacial score (nSPS) is 11.8. The molecular weight excluding hydrogens is 573 g/mol. The monoisotopic (exact) mass is 598 g/mol. The molecule has 3 heterocycles. The highest BCUT2D eigenvalue weighted by Crippen LogP contribution is 2.43. The molecule has 10 aromatic rings. The summed E-state index contributed by atoms with van der Waals surface area (Å²) in [6.07, 6.45) is 0. The molecule has 0 amide bonds. The maximum Gasteiger partial charge on any atom is 0.0998 e. The van der Waals surface area contributed by atoms with Gasteiger partial charge >= 0.3 is 0 Å².